The third kappa shape index (κ3) is 2.81. The van der Waals surface area contributed by atoms with Crippen LogP contribution in [0.1, 0.15) is 37.0 Å². The second-order valence-electron chi connectivity index (χ2n) is 6.09. The summed E-state index contributed by atoms with van der Waals surface area (Å²) < 4.78 is 0. The van der Waals surface area contributed by atoms with Crippen molar-refractivity contribution in [3.8, 4) is 0 Å². The Morgan fingerprint density at radius 1 is 1.38 bits per heavy atom. The smallest absolute Gasteiger partial charge is 0.254 e. The molecule has 1 atom stereocenters. The summed E-state index contributed by atoms with van der Waals surface area (Å²) in [5, 5.41) is 4.49. The first-order valence-corrected chi connectivity index (χ1v) is 7.77. The van der Waals surface area contributed by atoms with Gasteiger partial charge in [0.1, 0.15) is 0 Å². The van der Waals surface area contributed by atoms with E-state index >= 15 is 0 Å². The van der Waals surface area contributed by atoms with E-state index in [9.17, 15) is 4.79 Å². The van der Waals surface area contributed by atoms with E-state index < -0.39 is 0 Å². The van der Waals surface area contributed by atoms with E-state index in [0.717, 1.165) is 36.0 Å². The molecule has 0 aliphatic carbocycles. The van der Waals surface area contributed by atoms with E-state index in [0.29, 0.717) is 6.04 Å². The minimum atomic E-state index is 0.129. The molecule has 1 fully saturated rings. The van der Waals surface area contributed by atoms with Gasteiger partial charge in [-0.25, -0.2) is 0 Å². The zero-order valence-corrected chi connectivity index (χ0v) is 12.7. The Balaban J connectivity index is 1.88. The average Bonchev–Trinajstić information content (AvgIpc) is 3.14. The topological polar surface area (TPSA) is 48.1 Å². The summed E-state index contributed by atoms with van der Waals surface area (Å²) in [4.78, 5) is 18.1. The van der Waals surface area contributed by atoms with Crippen molar-refractivity contribution >= 4 is 16.8 Å². The number of hydrogen-bond acceptors (Lipinski definition) is 2. The molecule has 0 bridgehead atoms. The molecule has 1 aliphatic rings. The largest absolute Gasteiger partial charge is 0.361 e. The maximum absolute atomic E-state index is 13.0. The lowest BCUT2D eigenvalue weighted by Gasteiger charge is -2.30. The third-order valence-corrected chi connectivity index (χ3v) is 4.29. The molecule has 21 heavy (non-hydrogen) atoms. The molecule has 1 amide bonds. The van der Waals surface area contributed by atoms with Gasteiger partial charge in [-0.3, -0.25) is 4.79 Å². The molecule has 1 unspecified atom stereocenters. The van der Waals surface area contributed by atoms with Gasteiger partial charge in [0.25, 0.3) is 5.91 Å². The summed E-state index contributed by atoms with van der Waals surface area (Å²) in [5.41, 5.74) is 1.81. The predicted molar refractivity (Wildman–Crippen MR) is 85.5 cm³/mol. The Morgan fingerprint density at radius 3 is 2.95 bits per heavy atom. The highest BCUT2D eigenvalue weighted by Gasteiger charge is 2.25. The van der Waals surface area contributed by atoms with Gasteiger partial charge >= 0.3 is 0 Å². The zero-order chi connectivity index (χ0) is 14.8. The van der Waals surface area contributed by atoms with E-state index in [1.54, 1.807) is 0 Å². The molecule has 112 valence electrons. The highest BCUT2D eigenvalue weighted by Crippen LogP contribution is 2.21. The Hall–Kier alpha value is -1.81. The van der Waals surface area contributed by atoms with Crippen LogP contribution in [0.3, 0.4) is 0 Å². The first-order valence-electron chi connectivity index (χ1n) is 7.77. The van der Waals surface area contributed by atoms with Crippen LogP contribution in [0, 0.1) is 0 Å². The second-order valence-corrected chi connectivity index (χ2v) is 6.09. The average molecular weight is 285 g/mol. The molecule has 1 aromatic heterocycles. The highest BCUT2D eigenvalue weighted by molar-refractivity contribution is 6.06. The standard InChI is InChI=1S/C17H23N3O/c1-12(2)20(11-13-5-4-9-18-13)17(21)15-6-3-7-16-14(15)8-10-19-16/h3,6-8,10,12-13,18-19H,4-5,9,11H2,1-2H3. The maximum Gasteiger partial charge on any atom is 0.254 e. The van der Waals surface area contributed by atoms with Crippen molar-refractivity contribution in [2.75, 3.05) is 13.1 Å². The van der Waals surface area contributed by atoms with Crippen LogP contribution in [0.4, 0.5) is 0 Å². The summed E-state index contributed by atoms with van der Waals surface area (Å²) >= 11 is 0. The molecule has 0 radical (unpaired) electrons. The van der Waals surface area contributed by atoms with Crippen molar-refractivity contribution in [1.82, 2.24) is 15.2 Å². The van der Waals surface area contributed by atoms with Crippen LogP contribution >= 0.6 is 0 Å². The number of aromatic nitrogens is 1. The lowest BCUT2D eigenvalue weighted by Crippen LogP contribution is -2.44. The number of fused-ring (bicyclic) bond motifs is 1. The molecule has 0 spiro atoms. The Bertz CT molecular complexity index is 626. The van der Waals surface area contributed by atoms with Gasteiger partial charge in [0.15, 0.2) is 0 Å². The van der Waals surface area contributed by atoms with Crippen molar-refractivity contribution in [2.24, 2.45) is 0 Å². The fourth-order valence-corrected chi connectivity index (χ4v) is 3.10. The number of benzene rings is 1. The van der Waals surface area contributed by atoms with E-state index in [-0.39, 0.29) is 11.9 Å². The van der Waals surface area contributed by atoms with Crippen LogP contribution < -0.4 is 5.32 Å². The van der Waals surface area contributed by atoms with Crippen molar-refractivity contribution in [2.45, 2.75) is 38.8 Å². The quantitative estimate of drug-likeness (QED) is 0.907. The third-order valence-electron chi connectivity index (χ3n) is 4.29. The maximum atomic E-state index is 13.0. The number of carbonyl (C=O) groups is 1. The molecule has 3 rings (SSSR count). The van der Waals surface area contributed by atoms with Crippen LogP contribution in [0.25, 0.3) is 10.9 Å². The summed E-state index contributed by atoms with van der Waals surface area (Å²) in [6.07, 6.45) is 4.25. The number of hydrogen-bond donors (Lipinski definition) is 2. The van der Waals surface area contributed by atoms with E-state index in [1.165, 1.54) is 6.42 Å². The summed E-state index contributed by atoms with van der Waals surface area (Å²) in [7, 11) is 0. The molecule has 1 aliphatic heterocycles. The number of nitrogens with one attached hydrogen (secondary N) is 2. The van der Waals surface area contributed by atoms with E-state index in [1.807, 2.05) is 35.4 Å². The lowest BCUT2D eigenvalue weighted by molar-refractivity contribution is 0.0691. The van der Waals surface area contributed by atoms with Gasteiger partial charge in [0.2, 0.25) is 0 Å². The molecule has 1 aromatic carbocycles. The predicted octanol–water partition coefficient (Wildman–Crippen LogP) is 2.77. The fraction of sp³-hybridized carbons (Fsp3) is 0.471. The van der Waals surface area contributed by atoms with Crippen molar-refractivity contribution in [1.29, 1.82) is 0 Å². The fourth-order valence-electron chi connectivity index (χ4n) is 3.10. The van der Waals surface area contributed by atoms with Crippen molar-refractivity contribution in [3.63, 3.8) is 0 Å². The van der Waals surface area contributed by atoms with Gasteiger partial charge in [-0.05, 0) is 51.4 Å². The molecule has 4 nitrogen and oxygen atoms in total. The molecule has 2 aromatic rings. The Labute approximate surface area is 125 Å². The molecule has 2 N–H and O–H groups in total. The highest BCUT2D eigenvalue weighted by atomic mass is 16.2. The van der Waals surface area contributed by atoms with E-state index in [4.69, 9.17) is 0 Å². The van der Waals surface area contributed by atoms with Crippen LogP contribution in [0.2, 0.25) is 0 Å². The van der Waals surface area contributed by atoms with Gasteiger partial charge < -0.3 is 15.2 Å². The number of H-pyrrole nitrogens is 1. The minimum Gasteiger partial charge on any atom is -0.361 e. The molecule has 2 heterocycles. The summed E-state index contributed by atoms with van der Waals surface area (Å²) in [6, 6.07) is 8.49. The molecule has 1 saturated heterocycles. The van der Waals surface area contributed by atoms with Gasteiger partial charge in [-0.15, -0.1) is 0 Å². The van der Waals surface area contributed by atoms with Crippen LogP contribution in [-0.2, 0) is 0 Å². The first kappa shape index (κ1) is 14.1. The summed E-state index contributed by atoms with van der Waals surface area (Å²) in [6.45, 7) is 6.03. The van der Waals surface area contributed by atoms with Crippen LogP contribution in [0.5, 0.6) is 0 Å². The van der Waals surface area contributed by atoms with Gasteiger partial charge in [0, 0.05) is 41.3 Å². The molecule has 4 heteroatoms. The van der Waals surface area contributed by atoms with Crippen LogP contribution in [0.15, 0.2) is 30.5 Å². The van der Waals surface area contributed by atoms with E-state index in [2.05, 4.69) is 24.1 Å². The SMILES string of the molecule is CC(C)N(CC1CCCN1)C(=O)c1cccc2[nH]ccc12. The molecule has 0 saturated carbocycles. The first-order chi connectivity index (χ1) is 10.2. The zero-order valence-electron chi connectivity index (χ0n) is 12.7. The Kier molecular flexibility index (Phi) is 3.97. The molecular formula is C17H23N3O. The van der Waals surface area contributed by atoms with Gasteiger partial charge in [0.05, 0.1) is 0 Å². The molecular weight excluding hydrogens is 262 g/mol. The monoisotopic (exact) mass is 285 g/mol. The Morgan fingerprint density at radius 2 is 2.24 bits per heavy atom. The van der Waals surface area contributed by atoms with Gasteiger partial charge in [-0.2, -0.15) is 0 Å². The summed E-state index contributed by atoms with van der Waals surface area (Å²) in [5.74, 6) is 0.129. The number of nitrogens with zero attached hydrogens (tertiary/aromatic N) is 1. The number of amides is 1. The van der Waals surface area contributed by atoms with Crippen LogP contribution in [-0.4, -0.2) is 41.0 Å². The number of rotatable bonds is 4. The number of carbonyl (C=O) groups excluding carboxylic acids is 1. The lowest BCUT2D eigenvalue weighted by atomic mass is 10.1. The second kappa shape index (κ2) is 5.90. The normalized spacial score (nSPS) is 18.5. The van der Waals surface area contributed by atoms with Crippen molar-refractivity contribution in [3.05, 3.63) is 36.0 Å². The van der Waals surface area contributed by atoms with Crippen molar-refractivity contribution < 1.29 is 4.79 Å². The number of aromatic amines is 1. The van der Waals surface area contributed by atoms with Gasteiger partial charge in [-0.1, -0.05) is 6.07 Å². The minimum absolute atomic E-state index is 0.129.